The highest BCUT2D eigenvalue weighted by atomic mass is 15.2. The van der Waals surface area contributed by atoms with Gasteiger partial charge in [0.05, 0.1) is 5.56 Å². The molecule has 1 aliphatic heterocycles. The van der Waals surface area contributed by atoms with Gasteiger partial charge in [-0.1, -0.05) is 31.6 Å². The summed E-state index contributed by atoms with van der Waals surface area (Å²) >= 11 is 0. The Labute approximate surface area is 115 Å². The molecule has 1 aliphatic rings. The van der Waals surface area contributed by atoms with Gasteiger partial charge in [0.25, 0.3) is 0 Å². The van der Waals surface area contributed by atoms with E-state index in [1.807, 2.05) is 6.92 Å². The normalized spacial score (nSPS) is 14.6. The summed E-state index contributed by atoms with van der Waals surface area (Å²) in [6, 6.07) is 0. The molecule has 0 aliphatic carbocycles. The molecule has 0 bridgehead atoms. The van der Waals surface area contributed by atoms with Crippen LogP contribution in [-0.2, 0) is 0 Å². The van der Waals surface area contributed by atoms with E-state index in [0.717, 1.165) is 30.9 Å². The van der Waals surface area contributed by atoms with Crippen LogP contribution in [0.5, 0.6) is 0 Å². The van der Waals surface area contributed by atoms with Crippen LogP contribution in [0.1, 0.15) is 38.7 Å². The van der Waals surface area contributed by atoms with Gasteiger partial charge in [0.15, 0.2) is 0 Å². The maximum atomic E-state index is 6.05. The number of anilines is 2. The minimum Gasteiger partial charge on any atom is -0.383 e. The highest BCUT2D eigenvalue weighted by Crippen LogP contribution is 2.34. The van der Waals surface area contributed by atoms with Crippen molar-refractivity contribution in [3.63, 3.8) is 0 Å². The first kappa shape index (κ1) is 13.6. The monoisotopic (exact) mass is 258 g/mol. The van der Waals surface area contributed by atoms with Gasteiger partial charge in [-0.2, -0.15) is 0 Å². The Morgan fingerprint density at radius 2 is 2.26 bits per heavy atom. The maximum Gasteiger partial charge on any atom is 0.141 e. The SMILES string of the molecule is CC=CCC1=CCN(CCCC)c2ncnc(N)c21. The van der Waals surface area contributed by atoms with Crippen LogP contribution in [0.2, 0.25) is 0 Å². The molecule has 0 unspecified atom stereocenters. The fraction of sp³-hybridized carbons (Fsp3) is 0.467. The molecular weight excluding hydrogens is 236 g/mol. The number of aromatic nitrogens is 2. The predicted molar refractivity (Wildman–Crippen MR) is 81.0 cm³/mol. The van der Waals surface area contributed by atoms with Gasteiger partial charge >= 0.3 is 0 Å². The van der Waals surface area contributed by atoms with Crippen molar-refractivity contribution >= 4 is 17.2 Å². The second-order valence-corrected chi connectivity index (χ2v) is 4.76. The van der Waals surface area contributed by atoms with Crippen LogP contribution in [0.4, 0.5) is 11.6 Å². The third-order valence-corrected chi connectivity index (χ3v) is 3.39. The second kappa shape index (κ2) is 6.36. The van der Waals surface area contributed by atoms with Crippen molar-refractivity contribution in [2.24, 2.45) is 0 Å². The summed E-state index contributed by atoms with van der Waals surface area (Å²) in [6.07, 6.45) is 11.3. The lowest BCUT2D eigenvalue weighted by atomic mass is 9.99. The van der Waals surface area contributed by atoms with Crippen molar-refractivity contribution in [3.05, 3.63) is 30.1 Å². The largest absolute Gasteiger partial charge is 0.383 e. The first-order chi connectivity index (χ1) is 9.27. The lowest BCUT2D eigenvalue weighted by molar-refractivity contribution is 0.732. The number of hydrogen-bond donors (Lipinski definition) is 1. The van der Waals surface area contributed by atoms with E-state index < -0.39 is 0 Å². The number of fused-ring (bicyclic) bond motifs is 1. The van der Waals surface area contributed by atoms with Crippen LogP contribution < -0.4 is 10.6 Å². The standard InChI is InChI=1S/C15H22N4/c1-3-5-7-12-8-10-19(9-6-4-2)15-13(12)14(16)17-11-18-15/h3,5,8,11H,4,6-7,9-10H2,1-2H3,(H2,16,17,18). The third-order valence-electron chi connectivity index (χ3n) is 3.39. The number of nitrogen functional groups attached to an aromatic ring is 1. The van der Waals surface area contributed by atoms with Crippen molar-refractivity contribution in [1.29, 1.82) is 0 Å². The van der Waals surface area contributed by atoms with Crippen molar-refractivity contribution in [2.75, 3.05) is 23.7 Å². The Morgan fingerprint density at radius 1 is 1.42 bits per heavy atom. The Kier molecular flexibility index (Phi) is 4.55. The van der Waals surface area contributed by atoms with Crippen LogP contribution >= 0.6 is 0 Å². The van der Waals surface area contributed by atoms with E-state index in [4.69, 9.17) is 5.73 Å². The molecule has 4 heteroatoms. The van der Waals surface area contributed by atoms with Crippen molar-refractivity contribution in [1.82, 2.24) is 9.97 Å². The first-order valence-electron chi connectivity index (χ1n) is 6.93. The van der Waals surface area contributed by atoms with E-state index in [-0.39, 0.29) is 0 Å². The van der Waals surface area contributed by atoms with Gasteiger partial charge in [-0.3, -0.25) is 0 Å². The lowest BCUT2D eigenvalue weighted by Crippen LogP contribution is -2.29. The molecule has 2 N–H and O–H groups in total. The molecule has 0 aromatic carbocycles. The zero-order valence-corrected chi connectivity index (χ0v) is 11.8. The van der Waals surface area contributed by atoms with E-state index in [1.165, 1.54) is 18.4 Å². The van der Waals surface area contributed by atoms with Crippen LogP contribution in [0, 0.1) is 0 Å². The number of nitrogens with zero attached hydrogens (tertiary/aromatic N) is 3. The van der Waals surface area contributed by atoms with E-state index in [2.05, 4.69) is 40.0 Å². The van der Waals surface area contributed by atoms with Crippen molar-refractivity contribution < 1.29 is 0 Å². The Morgan fingerprint density at radius 3 is 3.00 bits per heavy atom. The summed E-state index contributed by atoms with van der Waals surface area (Å²) < 4.78 is 0. The molecule has 2 heterocycles. The van der Waals surface area contributed by atoms with Gasteiger partial charge in [-0.15, -0.1) is 0 Å². The molecule has 1 aromatic heterocycles. The summed E-state index contributed by atoms with van der Waals surface area (Å²) in [7, 11) is 0. The molecule has 0 amide bonds. The van der Waals surface area contributed by atoms with Crippen LogP contribution in [-0.4, -0.2) is 23.1 Å². The molecular formula is C15H22N4. The highest BCUT2D eigenvalue weighted by Gasteiger charge is 2.21. The summed E-state index contributed by atoms with van der Waals surface area (Å²) in [5, 5.41) is 0. The van der Waals surface area contributed by atoms with Crippen LogP contribution in [0.3, 0.4) is 0 Å². The average molecular weight is 258 g/mol. The van der Waals surface area contributed by atoms with E-state index in [9.17, 15) is 0 Å². The summed E-state index contributed by atoms with van der Waals surface area (Å²) in [4.78, 5) is 10.9. The molecule has 0 fully saturated rings. The zero-order valence-electron chi connectivity index (χ0n) is 11.8. The molecule has 0 saturated heterocycles. The molecule has 102 valence electrons. The fourth-order valence-electron chi connectivity index (χ4n) is 2.32. The smallest absolute Gasteiger partial charge is 0.141 e. The van der Waals surface area contributed by atoms with Gasteiger partial charge in [0.2, 0.25) is 0 Å². The minimum absolute atomic E-state index is 0.585. The van der Waals surface area contributed by atoms with Crippen molar-refractivity contribution in [3.8, 4) is 0 Å². The molecule has 19 heavy (non-hydrogen) atoms. The number of rotatable bonds is 5. The summed E-state index contributed by atoms with van der Waals surface area (Å²) in [5.74, 6) is 1.57. The predicted octanol–water partition coefficient (Wildman–Crippen LogP) is 3.03. The molecule has 4 nitrogen and oxygen atoms in total. The number of unbranched alkanes of at least 4 members (excludes halogenated alkanes) is 1. The quantitative estimate of drug-likeness (QED) is 0.825. The van der Waals surface area contributed by atoms with Crippen LogP contribution in [0.25, 0.3) is 5.57 Å². The highest BCUT2D eigenvalue weighted by molar-refractivity contribution is 5.84. The average Bonchev–Trinajstić information content (AvgIpc) is 2.43. The Balaban J connectivity index is 2.33. The minimum atomic E-state index is 0.585. The molecule has 1 aromatic rings. The molecule has 2 rings (SSSR count). The van der Waals surface area contributed by atoms with Gasteiger partial charge < -0.3 is 10.6 Å². The van der Waals surface area contributed by atoms with E-state index in [1.54, 1.807) is 6.33 Å². The van der Waals surface area contributed by atoms with Gasteiger partial charge in [0.1, 0.15) is 18.0 Å². The number of nitrogens with two attached hydrogens (primary N) is 1. The molecule has 0 radical (unpaired) electrons. The number of hydrogen-bond acceptors (Lipinski definition) is 4. The van der Waals surface area contributed by atoms with E-state index >= 15 is 0 Å². The number of allylic oxidation sites excluding steroid dienone is 3. The van der Waals surface area contributed by atoms with Gasteiger partial charge in [0, 0.05) is 13.1 Å². The molecule has 0 atom stereocenters. The Bertz CT molecular complexity index is 491. The van der Waals surface area contributed by atoms with Crippen molar-refractivity contribution in [2.45, 2.75) is 33.1 Å². The molecule has 0 spiro atoms. The summed E-state index contributed by atoms with van der Waals surface area (Å²) in [6.45, 7) is 6.17. The van der Waals surface area contributed by atoms with Gasteiger partial charge in [-0.05, 0) is 25.3 Å². The maximum absolute atomic E-state index is 6.05. The third kappa shape index (κ3) is 2.95. The Hall–Kier alpha value is -1.84. The van der Waals surface area contributed by atoms with E-state index in [0.29, 0.717) is 5.82 Å². The first-order valence-corrected chi connectivity index (χ1v) is 6.93. The fourth-order valence-corrected chi connectivity index (χ4v) is 2.32. The second-order valence-electron chi connectivity index (χ2n) is 4.76. The molecule has 0 saturated carbocycles. The topological polar surface area (TPSA) is 55.0 Å². The lowest BCUT2D eigenvalue weighted by Gasteiger charge is -2.29. The van der Waals surface area contributed by atoms with Crippen LogP contribution in [0.15, 0.2) is 24.6 Å². The summed E-state index contributed by atoms with van der Waals surface area (Å²) in [5.41, 5.74) is 8.30. The van der Waals surface area contributed by atoms with Gasteiger partial charge in [-0.25, -0.2) is 9.97 Å². The zero-order chi connectivity index (χ0) is 13.7.